The standard InChI is InChI=1S/C21H27NO2/c1-4-5-6-7-10-16-14-17(23)13-15(2)21(16)18-11-8-9-12-19(18)22(3)20(21)24/h8-9,11-13,16H,4-7,10,14H2,1-3H3/t16-,21+/m0/s1. The molecule has 0 N–H and O–H groups in total. The lowest BCUT2D eigenvalue weighted by atomic mass is 9.60. The van der Waals surface area contributed by atoms with Crippen LogP contribution in [0.4, 0.5) is 5.69 Å². The second-order valence-corrected chi connectivity index (χ2v) is 7.23. The Morgan fingerprint density at radius 3 is 2.67 bits per heavy atom. The number of allylic oxidation sites excluding steroid dienone is 1. The highest BCUT2D eigenvalue weighted by molar-refractivity contribution is 6.12. The van der Waals surface area contributed by atoms with Crippen molar-refractivity contribution in [1.82, 2.24) is 0 Å². The number of carbonyl (C=O) groups is 2. The van der Waals surface area contributed by atoms with Crippen LogP contribution >= 0.6 is 0 Å². The topological polar surface area (TPSA) is 37.4 Å². The zero-order valence-electron chi connectivity index (χ0n) is 15.0. The number of likely N-dealkylation sites (N-methyl/N-ethyl adjacent to an activating group) is 1. The van der Waals surface area contributed by atoms with E-state index < -0.39 is 5.41 Å². The molecule has 0 saturated carbocycles. The van der Waals surface area contributed by atoms with Crippen LogP contribution < -0.4 is 4.90 Å². The van der Waals surface area contributed by atoms with E-state index in [4.69, 9.17) is 0 Å². The second-order valence-electron chi connectivity index (χ2n) is 7.23. The van der Waals surface area contributed by atoms with Crippen molar-refractivity contribution in [3.05, 3.63) is 41.5 Å². The number of benzene rings is 1. The molecule has 0 aromatic heterocycles. The fourth-order valence-corrected chi connectivity index (χ4v) is 4.63. The number of rotatable bonds is 5. The predicted molar refractivity (Wildman–Crippen MR) is 97.2 cm³/mol. The molecule has 1 heterocycles. The predicted octanol–water partition coefficient (Wildman–Crippen LogP) is 4.41. The van der Waals surface area contributed by atoms with E-state index in [1.165, 1.54) is 19.3 Å². The molecule has 3 nitrogen and oxygen atoms in total. The average molecular weight is 325 g/mol. The number of carbonyl (C=O) groups excluding carboxylic acids is 2. The number of anilines is 1. The molecule has 1 amide bonds. The maximum absolute atomic E-state index is 13.3. The van der Waals surface area contributed by atoms with Gasteiger partial charge in [-0.3, -0.25) is 9.59 Å². The van der Waals surface area contributed by atoms with E-state index in [2.05, 4.69) is 13.0 Å². The molecule has 24 heavy (non-hydrogen) atoms. The summed E-state index contributed by atoms with van der Waals surface area (Å²) in [7, 11) is 1.85. The minimum Gasteiger partial charge on any atom is -0.314 e. The van der Waals surface area contributed by atoms with Gasteiger partial charge in [-0.05, 0) is 42.5 Å². The van der Waals surface area contributed by atoms with Gasteiger partial charge < -0.3 is 4.90 Å². The molecule has 128 valence electrons. The zero-order valence-corrected chi connectivity index (χ0v) is 15.0. The van der Waals surface area contributed by atoms with E-state index >= 15 is 0 Å². The largest absolute Gasteiger partial charge is 0.314 e. The SMILES string of the molecule is CCCCCC[C@H]1CC(=O)C=C(C)[C@@]12C(=O)N(C)c1ccccc12. The van der Waals surface area contributed by atoms with Crippen LogP contribution in [0.3, 0.4) is 0 Å². The summed E-state index contributed by atoms with van der Waals surface area (Å²) >= 11 is 0. The van der Waals surface area contributed by atoms with Crippen LogP contribution in [-0.4, -0.2) is 18.7 Å². The Kier molecular flexibility index (Phi) is 4.62. The maximum Gasteiger partial charge on any atom is 0.241 e. The summed E-state index contributed by atoms with van der Waals surface area (Å²) in [5.41, 5.74) is 2.36. The van der Waals surface area contributed by atoms with Crippen LogP contribution in [0.15, 0.2) is 35.9 Å². The molecule has 3 rings (SSSR count). The molecule has 2 atom stereocenters. The first-order valence-electron chi connectivity index (χ1n) is 9.12. The number of para-hydroxylation sites is 1. The van der Waals surface area contributed by atoms with Gasteiger partial charge in [0.1, 0.15) is 5.41 Å². The van der Waals surface area contributed by atoms with E-state index in [-0.39, 0.29) is 17.6 Å². The third-order valence-electron chi connectivity index (χ3n) is 5.80. The van der Waals surface area contributed by atoms with Gasteiger partial charge >= 0.3 is 0 Å². The quantitative estimate of drug-likeness (QED) is 0.752. The Morgan fingerprint density at radius 1 is 1.17 bits per heavy atom. The summed E-state index contributed by atoms with van der Waals surface area (Å²) in [6.07, 6.45) is 7.79. The van der Waals surface area contributed by atoms with Crippen LogP contribution in [0.5, 0.6) is 0 Å². The van der Waals surface area contributed by atoms with Crippen LogP contribution in [0, 0.1) is 5.92 Å². The summed E-state index contributed by atoms with van der Waals surface area (Å²) in [5, 5.41) is 0. The molecule has 1 aliphatic heterocycles. The molecule has 0 fully saturated rings. The highest BCUT2D eigenvalue weighted by atomic mass is 16.2. The fraction of sp³-hybridized carbons (Fsp3) is 0.524. The van der Waals surface area contributed by atoms with Gasteiger partial charge in [0.05, 0.1) is 0 Å². The van der Waals surface area contributed by atoms with Gasteiger partial charge in [-0.2, -0.15) is 0 Å². The van der Waals surface area contributed by atoms with Crippen molar-refractivity contribution in [2.75, 3.05) is 11.9 Å². The van der Waals surface area contributed by atoms with Crippen LogP contribution in [0.25, 0.3) is 0 Å². The van der Waals surface area contributed by atoms with Crippen molar-refractivity contribution in [3.63, 3.8) is 0 Å². The van der Waals surface area contributed by atoms with Gasteiger partial charge in [-0.25, -0.2) is 0 Å². The maximum atomic E-state index is 13.3. The summed E-state index contributed by atoms with van der Waals surface area (Å²) < 4.78 is 0. The Labute approximate surface area is 144 Å². The Morgan fingerprint density at radius 2 is 1.92 bits per heavy atom. The number of ketones is 1. The Hall–Kier alpha value is -1.90. The van der Waals surface area contributed by atoms with E-state index in [1.54, 1.807) is 11.0 Å². The lowest BCUT2D eigenvalue weighted by Crippen LogP contribution is -2.48. The second kappa shape index (κ2) is 6.54. The molecule has 0 unspecified atom stereocenters. The molecule has 0 saturated heterocycles. The molecule has 2 aliphatic rings. The zero-order chi connectivity index (χ0) is 17.3. The van der Waals surface area contributed by atoms with Gasteiger partial charge in [0, 0.05) is 19.2 Å². The molecule has 1 aromatic carbocycles. The van der Waals surface area contributed by atoms with Crippen molar-refractivity contribution >= 4 is 17.4 Å². The number of amides is 1. The first-order valence-corrected chi connectivity index (χ1v) is 9.12. The number of fused-ring (bicyclic) bond motifs is 2. The first kappa shape index (κ1) is 16.9. The van der Waals surface area contributed by atoms with Crippen molar-refractivity contribution in [3.8, 4) is 0 Å². The third kappa shape index (κ3) is 2.42. The molecule has 1 aliphatic carbocycles. The van der Waals surface area contributed by atoms with Crippen molar-refractivity contribution in [1.29, 1.82) is 0 Å². The highest BCUT2D eigenvalue weighted by Gasteiger charge is 2.56. The normalized spacial score (nSPS) is 26.0. The number of hydrogen-bond acceptors (Lipinski definition) is 2. The molecule has 3 heteroatoms. The van der Waals surface area contributed by atoms with Crippen molar-refractivity contribution < 1.29 is 9.59 Å². The monoisotopic (exact) mass is 325 g/mol. The van der Waals surface area contributed by atoms with Gasteiger partial charge in [0.25, 0.3) is 0 Å². The molecule has 1 spiro atoms. The van der Waals surface area contributed by atoms with Crippen LogP contribution in [0.2, 0.25) is 0 Å². The summed E-state index contributed by atoms with van der Waals surface area (Å²) in [4.78, 5) is 27.3. The van der Waals surface area contributed by atoms with E-state index in [9.17, 15) is 9.59 Å². The molecule has 0 bridgehead atoms. The van der Waals surface area contributed by atoms with Crippen molar-refractivity contribution in [2.45, 2.75) is 57.8 Å². The van der Waals surface area contributed by atoms with Crippen LogP contribution in [-0.2, 0) is 15.0 Å². The summed E-state index contributed by atoms with van der Waals surface area (Å²) in [6.45, 7) is 4.16. The Balaban J connectivity index is 2.05. The molecule has 1 aromatic rings. The molecular formula is C21H27NO2. The van der Waals surface area contributed by atoms with Gasteiger partial charge in [-0.1, -0.05) is 50.8 Å². The number of hydrogen-bond donors (Lipinski definition) is 0. The van der Waals surface area contributed by atoms with Gasteiger partial charge in [0.15, 0.2) is 5.78 Å². The third-order valence-corrected chi connectivity index (χ3v) is 5.80. The number of nitrogens with zero attached hydrogens (tertiary/aromatic N) is 1. The lowest BCUT2D eigenvalue weighted by molar-refractivity contribution is -0.125. The summed E-state index contributed by atoms with van der Waals surface area (Å²) in [5.74, 6) is 0.370. The highest BCUT2D eigenvalue weighted by Crippen LogP contribution is 2.54. The lowest BCUT2D eigenvalue weighted by Gasteiger charge is -2.40. The minimum atomic E-state index is -0.633. The van der Waals surface area contributed by atoms with E-state index in [0.717, 1.165) is 29.7 Å². The fourth-order valence-electron chi connectivity index (χ4n) is 4.63. The van der Waals surface area contributed by atoms with E-state index in [0.29, 0.717) is 6.42 Å². The van der Waals surface area contributed by atoms with Gasteiger partial charge in [-0.15, -0.1) is 0 Å². The van der Waals surface area contributed by atoms with Crippen LogP contribution in [0.1, 0.15) is 57.9 Å². The average Bonchev–Trinajstić information content (AvgIpc) is 2.79. The van der Waals surface area contributed by atoms with Gasteiger partial charge in [0.2, 0.25) is 5.91 Å². The first-order chi connectivity index (χ1) is 11.5. The smallest absolute Gasteiger partial charge is 0.241 e. The van der Waals surface area contributed by atoms with E-state index in [1.807, 2.05) is 32.2 Å². The minimum absolute atomic E-state index is 0.0745. The molecule has 0 radical (unpaired) electrons. The van der Waals surface area contributed by atoms with Crippen molar-refractivity contribution in [2.24, 2.45) is 5.92 Å². The Bertz CT molecular complexity index is 691. The number of unbranched alkanes of at least 4 members (excludes halogenated alkanes) is 3. The molecular weight excluding hydrogens is 298 g/mol. The summed E-state index contributed by atoms with van der Waals surface area (Å²) in [6, 6.07) is 8.07.